The first-order valence-corrected chi connectivity index (χ1v) is 8.64. The van der Waals surface area contributed by atoms with Crippen molar-refractivity contribution < 1.29 is 4.74 Å². The van der Waals surface area contributed by atoms with Crippen molar-refractivity contribution in [3.05, 3.63) is 56.2 Å². The topological polar surface area (TPSA) is 58.2 Å². The lowest BCUT2D eigenvalue weighted by atomic mass is 10.1. The Kier molecular flexibility index (Phi) is 5.21. The molecule has 0 amide bonds. The van der Waals surface area contributed by atoms with Gasteiger partial charge < -0.3 is 9.72 Å². The van der Waals surface area contributed by atoms with Crippen LogP contribution in [0.1, 0.15) is 36.0 Å². The molecule has 0 spiro atoms. The van der Waals surface area contributed by atoms with Gasteiger partial charge in [-0.1, -0.05) is 30.7 Å². The Morgan fingerprint density at radius 1 is 1.42 bits per heavy atom. The first-order chi connectivity index (χ1) is 11.6. The van der Waals surface area contributed by atoms with Crippen LogP contribution in [0.25, 0.3) is 0 Å². The maximum absolute atomic E-state index is 12.4. The van der Waals surface area contributed by atoms with Crippen molar-refractivity contribution in [1.82, 2.24) is 14.9 Å². The normalized spacial score (nSPS) is 14.5. The van der Waals surface area contributed by atoms with Gasteiger partial charge in [-0.3, -0.25) is 9.69 Å². The summed E-state index contributed by atoms with van der Waals surface area (Å²) in [5, 5.41) is 0.635. The van der Waals surface area contributed by atoms with Crippen LogP contribution in [-0.2, 0) is 25.9 Å². The van der Waals surface area contributed by atoms with Crippen molar-refractivity contribution in [2.45, 2.75) is 39.3 Å². The lowest BCUT2D eigenvalue weighted by molar-refractivity contribution is 0.241. The van der Waals surface area contributed by atoms with E-state index in [2.05, 4.69) is 21.8 Å². The summed E-state index contributed by atoms with van der Waals surface area (Å²) in [7, 11) is 1.61. The number of nitrogens with one attached hydrogen (secondary N) is 1. The molecule has 0 atom stereocenters. The average Bonchev–Trinajstić information content (AvgIpc) is 2.58. The Balaban J connectivity index is 1.80. The van der Waals surface area contributed by atoms with Crippen molar-refractivity contribution in [3.8, 4) is 5.75 Å². The molecule has 5 nitrogen and oxygen atoms in total. The number of aromatic amines is 1. The fraction of sp³-hybridized carbons (Fsp3) is 0.444. The van der Waals surface area contributed by atoms with Crippen molar-refractivity contribution in [3.63, 3.8) is 0 Å². The Hall–Kier alpha value is -1.85. The third-order valence-electron chi connectivity index (χ3n) is 4.34. The number of nitrogens with zero attached hydrogens (tertiary/aromatic N) is 2. The van der Waals surface area contributed by atoms with Crippen molar-refractivity contribution >= 4 is 11.6 Å². The molecule has 0 radical (unpaired) electrons. The summed E-state index contributed by atoms with van der Waals surface area (Å²) in [6.45, 7) is 4.23. The zero-order valence-corrected chi connectivity index (χ0v) is 14.8. The van der Waals surface area contributed by atoms with E-state index >= 15 is 0 Å². The van der Waals surface area contributed by atoms with Gasteiger partial charge in [0.2, 0.25) is 0 Å². The van der Waals surface area contributed by atoms with Crippen molar-refractivity contribution in [2.24, 2.45) is 0 Å². The fourth-order valence-corrected chi connectivity index (χ4v) is 3.36. The zero-order chi connectivity index (χ0) is 17.1. The van der Waals surface area contributed by atoms with Crippen LogP contribution in [-0.4, -0.2) is 28.5 Å². The summed E-state index contributed by atoms with van der Waals surface area (Å²) in [6.07, 6.45) is 2.57. The molecule has 0 fully saturated rings. The van der Waals surface area contributed by atoms with E-state index in [0.29, 0.717) is 23.9 Å². The molecule has 128 valence electrons. The van der Waals surface area contributed by atoms with Gasteiger partial charge in [-0.2, -0.15) is 0 Å². The summed E-state index contributed by atoms with van der Waals surface area (Å²) in [5.74, 6) is 1.47. The summed E-state index contributed by atoms with van der Waals surface area (Å²) < 4.78 is 5.27. The third kappa shape index (κ3) is 3.47. The van der Waals surface area contributed by atoms with Gasteiger partial charge >= 0.3 is 0 Å². The number of hydrogen-bond donors (Lipinski definition) is 1. The largest absolute Gasteiger partial charge is 0.495 e. The van der Waals surface area contributed by atoms with Crippen LogP contribution in [0.4, 0.5) is 0 Å². The molecule has 1 N–H and O–H groups in total. The molecule has 1 aliphatic rings. The van der Waals surface area contributed by atoms with E-state index < -0.39 is 0 Å². The van der Waals surface area contributed by atoms with Crippen molar-refractivity contribution in [2.75, 3.05) is 13.7 Å². The number of hydrogen-bond acceptors (Lipinski definition) is 4. The highest BCUT2D eigenvalue weighted by molar-refractivity contribution is 6.32. The van der Waals surface area contributed by atoms with Crippen LogP contribution in [0.15, 0.2) is 23.0 Å². The minimum atomic E-state index is -0.00936. The van der Waals surface area contributed by atoms with Gasteiger partial charge in [0.25, 0.3) is 5.56 Å². The number of aryl methyl sites for hydroxylation is 1. The molecule has 0 aliphatic carbocycles. The van der Waals surface area contributed by atoms with Gasteiger partial charge in [0.15, 0.2) is 0 Å². The number of H-pyrrole nitrogens is 1. The summed E-state index contributed by atoms with van der Waals surface area (Å²) in [6, 6.07) is 5.78. The van der Waals surface area contributed by atoms with E-state index in [1.165, 1.54) is 0 Å². The van der Waals surface area contributed by atoms with E-state index in [4.69, 9.17) is 16.3 Å². The lowest BCUT2D eigenvalue weighted by Gasteiger charge is -2.28. The first-order valence-electron chi connectivity index (χ1n) is 8.27. The summed E-state index contributed by atoms with van der Waals surface area (Å²) >= 11 is 6.38. The number of halogens is 1. The molecule has 1 aromatic heterocycles. The molecule has 2 heterocycles. The second kappa shape index (κ2) is 7.36. The monoisotopic (exact) mass is 347 g/mol. The molecular formula is C18H22ClN3O2. The predicted molar refractivity (Wildman–Crippen MR) is 94.7 cm³/mol. The standard InChI is InChI=1S/C18H22ClN3O2/c1-3-5-16-20-14-8-9-22(11-13(14)18(23)21-16)10-12-6-4-7-15(24-2)17(12)19/h4,6-7H,3,5,8-11H2,1-2H3,(H,20,21,23). The van der Waals surface area contributed by atoms with Crippen LogP contribution < -0.4 is 10.3 Å². The molecule has 6 heteroatoms. The molecule has 24 heavy (non-hydrogen) atoms. The minimum Gasteiger partial charge on any atom is -0.495 e. The van der Waals surface area contributed by atoms with Crippen LogP contribution in [0.3, 0.4) is 0 Å². The van der Waals surface area contributed by atoms with Gasteiger partial charge in [-0.25, -0.2) is 4.98 Å². The SMILES string of the molecule is CCCc1nc2c(c(=O)[nH]1)CN(Cc1cccc(OC)c1Cl)CC2. The number of aromatic nitrogens is 2. The first kappa shape index (κ1) is 17.0. The van der Waals surface area contributed by atoms with Gasteiger partial charge in [-0.15, -0.1) is 0 Å². The number of fused-ring (bicyclic) bond motifs is 1. The molecule has 3 rings (SSSR count). The molecule has 0 unspecified atom stereocenters. The highest BCUT2D eigenvalue weighted by atomic mass is 35.5. The maximum atomic E-state index is 12.4. The highest BCUT2D eigenvalue weighted by Crippen LogP contribution is 2.29. The molecule has 2 aromatic rings. The van der Waals surface area contributed by atoms with Gasteiger partial charge in [0.05, 0.1) is 23.4 Å². The zero-order valence-electron chi connectivity index (χ0n) is 14.1. The van der Waals surface area contributed by atoms with Gasteiger partial charge in [0, 0.05) is 32.5 Å². The second-order valence-corrected chi connectivity index (χ2v) is 6.46. The minimum absolute atomic E-state index is 0.00936. The van der Waals surface area contributed by atoms with E-state index in [0.717, 1.165) is 48.5 Å². The number of benzene rings is 1. The maximum Gasteiger partial charge on any atom is 0.255 e. The predicted octanol–water partition coefficient (Wildman–Crippen LogP) is 2.94. The lowest BCUT2D eigenvalue weighted by Crippen LogP contribution is -2.35. The molecule has 0 saturated heterocycles. The van der Waals surface area contributed by atoms with Crippen LogP contribution in [0, 0.1) is 0 Å². The van der Waals surface area contributed by atoms with E-state index in [1.807, 2.05) is 18.2 Å². The Bertz CT molecular complexity index is 788. The number of ether oxygens (including phenoxy) is 1. The van der Waals surface area contributed by atoms with Gasteiger partial charge in [-0.05, 0) is 18.1 Å². The number of methoxy groups -OCH3 is 1. The Morgan fingerprint density at radius 3 is 3.00 bits per heavy atom. The third-order valence-corrected chi connectivity index (χ3v) is 4.77. The number of rotatable bonds is 5. The smallest absolute Gasteiger partial charge is 0.255 e. The molecule has 1 aromatic carbocycles. The molecule has 0 bridgehead atoms. The fourth-order valence-electron chi connectivity index (χ4n) is 3.10. The Labute approximate surface area is 146 Å². The molecular weight excluding hydrogens is 326 g/mol. The average molecular weight is 348 g/mol. The molecule has 0 saturated carbocycles. The van der Waals surface area contributed by atoms with Crippen molar-refractivity contribution in [1.29, 1.82) is 0 Å². The Morgan fingerprint density at radius 2 is 2.25 bits per heavy atom. The van der Waals surface area contributed by atoms with E-state index in [1.54, 1.807) is 7.11 Å². The quantitative estimate of drug-likeness (QED) is 0.903. The summed E-state index contributed by atoms with van der Waals surface area (Å²) in [4.78, 5) is 22.1. The van der Waals surface area contributed by atoms with E-state index in [9.17, 15) is 4.79 Å². The summed E-state index contributed by atoms with van der Waals surface area (Å²) in [5.41, 5.74) is 2.71. The highest BCUT2D eigenvalue weighted by Gasteiger charge is 2.22. The molecule has 1 aliphatic heterocycles. The van der Waals surface area contributed by atoms with Crippen LogP contribution >= 0.6 is 11.6 Å². The van der Waals surface area contributed by atoms with Crippen LogP contribution in [0.5, 0.6) is 5.75 Å². The van der Waals surface area contributed by atoms with Gasteiger partial charge in [0.1, 0.15) is 11.6 Å². The van der Waals surface area contributed by atoms with E-state index in [-0.39, 0.29) is 5.56 Å². The van der Waals surface area contributed by atoms with Crippen LogP contribution in [0.2, 0.25) is 5.02 Å². The second-order valence-electron chi connectivity index (χ2n) is 6.08.